The topological polar surface area (TPSA) is 36.9 Å². The molecule has 0 atom stereocenters. The fourth-order valence-corrected chi connectivity index (χ4v) is 37.4. The Kier molecular flexibility index (Phi) is 17.9. The third-order valence-electron chi connectivity index (χ3n) is 7.85. The molecule has 0 heterocycles. The summed E-state index contributed by atoms with van der Waals surface area (Å²) >= 11 is 0. The fourth-order valence-electron chi connectivity index (χ4n) is 5.75. The first-order valence-corrected chi connectivity index (χ1v) is 23.9. The second-order valence-electron chi connectivity index (χ2n) is 8.08. The highest BCUT2D eigenvalue weighted by atomic mass is 29.3. The Morgan fingerprint density at radius 1 is 0.367 bits per heavy atom. The van der Waals surface area contributed by atoms with Crippen molar-refractivity contribution in [3.63, 3.8) is 0 Å². The number of hydrogen-bond acceptors (Lipinski definition) is 4. The van der Waals surface area contributed by atoms with Crippen LogP contribution in [0.4, 0.5) is 0 Å². The largest absolute Gasteiger partial charge is 0.420 e. The minimum Gasteiger partial charge on any atom is -0.420 e. The molecule has 0 rings (SSSR count). The van der Waals surface area contributed by atoms with Crippen molar-refractivity contribution in [2.45, 2.75) is 118 Å². The summed E-state index contributed by atoms with van der Waals surface area (Å²) in [6.07, 6.45) is 0. The molecule has 8 heteroatoms. The predicted octanol–water partition coefficient (Wildman–Crippen LogP) is 7.44. The van der Waals surface area contributed by atoms with E-state index in [-0.39, 0.29) is 0 Å². The zero-order valence-corrected chi connectivity index (χ0v) is 26.7. The molecular formula is C22H56O4Si4. The van der Waals surface area contributed by atoms with Crippen LogP contribution in [0.15, 0.2) is 0 Å². The average Bonchev–Trinajstić information content (AvgIpc) is 2.80. The molecule has 0 aromatic rings. The van der Waals surface area contributed by atoms with Gasteiger partial charge in [0, 0.05) is 27.4 Å². The molecule has 0 N–H and O–H groups in total. The van der Waals surface area contributed by atoms with Gasteiger partial charge in [0.25, 0.3) is 0 Å². The molecule has 0 saturated carbocycles. The van der Waals surface area contributed by atoms with E-state index in [4.69, 9.17) is 17.7 Å². The van der Waals surface area contributed by atoms with Crippen molar-refractivity contribution in [3.05, 3.63) is 0 Å². The highest BCUT2D eigenvalue weighted by molar-refractivity contribution is 7.37. The molecule has 0 unspecified atom stereocenters. The Labute approximate surface area is 193 Å². The third kappa shape index (κ3) is 6.85. The molecule has 0 aromatic carbocycles. The van der Waals surface area contributed by atoms with Crippen LogP contribution in [0.5, 0.6) is 0 Å². The average molecular weight is 497 g/mol. The van der Waals surface area contributed by atoms with Gasteiger partial charge in [-0.15, -0.1) is 0 Å². The fraction of sp³-hybridized carbons (Fsp3) is 1.00. The Balaban J connectivity index is 0. The lowest BCUT2D eigenvalue weighted by molar-refractivity contribution is 0.295. The SMILES string of the molecule is CCO[Si](CC)(CC)[Si](CC)(CC)OCC.CC[Si](CC)(OC)[Si](CC)(CC)OC. The molecule has 0 bridgehead atoms. The van der Waals surface area contributed by atoms with Gasteiger partial charge in [0.15, 0.2) is 0 Å². The third-order valence-corrected chi connectivity index (χ3v) is 44.1. The van der Waals surface area contributed by atoms with E-state index in [2.05, 4.69) is 69.2 Å². The van der Waals surface area contributed by atoms with Crippen LogP contribution in [0.3, 0.4) is 0 Å². The quantitative estimate of drug-likeness (QED) is 0.208. The molecular weight excluding hydrogens is 441 g/mol. The Hall–Kier alpha value is 0.708. The molecule has 4 nitrogen and oxygen atoms in total. The first-order valence-electron chi connectivity index (χ1n) is 12.6. The van der Waals surface area contributed by atoms with E-state index >= 15 is 0 Å². The summed E-state index contributed by atoms with van der Waals surface area (Å²) in [6.45, 7) is 24.3. The maximum absolute atomic E-state index is 6.30. The smallest absolute Gasteiger partial charge is 0.210 e. The van der Waals surface area contributed by atoms with E-state index in [1.54, 1.807) is 0 Å². The molecule has 184 valence electrons. The van der Waals surface area contributed by atoms with Crippen LogP contribution in [0.1, 0.15) is 69.2 Å². The monoisotopic (exact) mass is 496 g/mol. The summed E-state index contributed by atoms with van der Waals surface area (Å²) in [5.74, 6) is 0. The normalized spacial score (nSPS) is 13.2. The van der Waals surface area contributed by atoms with Crippen LogP contribution in [-0.4, -0.2) is 58.8 Å². The van der Waals surface area contributed by atoms with Crippen molar-refractivity contribution < 1.29 is 17.7 Å². The molecule has 0 saturated heterocycles. The van der Waals surface area contributed by atoms with Crippen LogP contribution >= 0.6 is 0 Å². The maximum Gasteiger partial charge on any atom is 0.210 e. The summed E-state index contributed by atoms with van der Waals surface area (Å²) in [5, 5.41) is 0. The Morgan fingerprint density at radius 3 is 0.667 bits per heavy atom. The van der Waals surface area contributed by atoms with E-state index in [0.29, 0.717) is 0 Å². The second kappa shape index (κ2) is 16.3. The van der Waals surface area contributed by atoms with Crippen LogP contribution < -0.4 is 0 Å². The van der Waals surface area contributed by atoms with Crippen molar-refractivity contribution in [3.8, 4) is 0 Å². The summed E-state index contributed by atoms with van der Waals surface area (Å²) in [4.78, 5) is 0. The predicted molar refractivity (Wildman–Crippen MR) is 144 cm³/mol. The van der Waals surface area contributed by atoms with Crippen molar-refractivity contribution in [1.82, 2.24) is 0 Å². The van der Waals surface area contributed by atoms with Gasteiger partial charge in [0.05, 0.1) is 0 Å². The molecule has 30 heavy (non-hydrogen) atoms. The van der Waals surface area contributed by atoms with Gasteiger partial charge in [-0.2, -0.15) is 0 Å². The van der Waals surface area contributed by atoms with Crippen molar-refractivity contribution >= 4 is 31.3 Å². The Bertz CT molecular complexity index is 353. The Morgan fingerprint density at radius 2 is 0.567 bits per heavy atom. The number of hydrogen-bond donors (Lipinski definition) is 0. The lowest BCUT2D eigenvalue weighted by Gasteiger charge is -2.44. The highest BCUT2D eigenvalue weighted by Gasteiger charge is 2.54. The molecule has 0 fully saturated rings. The molecule has 0 aliphatic carbocycles. The lowest BCUT2D eigenvalue weighted by Crippen LogP contribution is -2.65. The van der Waals surface area contributed by atoms with Crippen LogP contribution in [0, 0.1) is 0 Å². The van der Waals surface area contributed by atoms with Gasteiger partial charge in [-0.25, -0.2) is 0 Å². The zero-order valence-electron chi connectivity index (χ0n) is 22.7. The van der Waals surface area contributed by atoms with Crippen LogP contribution in [0.2, 0.25) is 48.4 Å². The van der Waals surface area contributed by atoms with Gasteiger partial charge in [-0.05, 0) is 62.2 Å². The summed E-state index contributed by atoms with van der Waals surface area (Å²) in [5.41, 5.74) is 0. The summed E-state index contributed by atoms with van der Waals surface area (Å²) in [6, 6.07) is 9.64. The molecule has 0 radical (unpaired) electrons. The maximum atomic E-state index is 6.30. The molecule has 0 aliphatic rings. The first kappa shape index (κ1) is 32.9. The minimum atomic E-state index is -1.63. The molecule has 0 amide bonds. The van der Waals surface area contributed by atoms with E-state index in [0.717, 1.165) is 13.2 Å². The van der Waals surface area contributed by atoms with E-state index in [1.807, 2.05) is 14.2 Å². The van der Waals surface area contributed by atoms with Gasteiger partial charge in [0.1, 0.15) is 0 Å². The van der Waals surface area contributed by atoms with Gasteiger partial charge in [-0.3, -0.25) is 0 Å². The van der Waals surface area contributed by atoms with Crippen LogP contribution in [0.25, 0.3) is 0 Å². The minimum absolute atomic E-state index is 0.857. The van der Waals surface area contributed by atoms with Crippen LogP contribution in [-0.2, 0) is 17.7 Å². The van der Waals surface area contributed by atoms with Gasteiger partial charge >= 0.3 is 0 Å². The summed E-state index contributed by atoms with van der Waals surface area (Å²) in [7, 11) is -2.63. The van der Waals surface area contributed by atoms with Crippen molar-refractivity contribution in [1.29, 1.82) is 0 Å². The first-order chi connectivity index (χ1) is 14.2. The molecule has 0 spiro atoms. The van der Waals surface area contributed by atoms with Gasteiger partial charge < -0.3 is 17.7 Å². The number of rotatable bonds is 16. The standard InChI is InChI=1S/C12H30O2Si2.C10H26O2Si2/c1-7-13-15(9-3,10-4)16(11-5,12-6)14-8-2;1-7-13(8-2,11-5)14(9-3,10-4)12-6/h7-12H2,1-6H3;7-10H2,1-6H3. The lowest BCUT2D eigenvalue weighted by atomic mass is 10.9. The second-order valence-corrected chi connectivity index (χ2v) is 34.0. The van der Waals surface area contributed by atoms with Crippen molar-refractivity contribution in [2.24, 2.45) is 0 Å². The van der Waals surface area contributed by atoms with E-state index in [9.17, 15) is 0 Å². The molecule has 0 aliphatic heterocycles. The van der Waals surface area contributed by atoms with Crippen molar-refractivity contribution in [2.75, 3.05) is 27.4 Å². The van der Waals surface area contributed by atoms with Gasteiger partial charge in [0.2, 0.25) is 31.3 Å². The summed E-state index contributed by atoms with van der Waals surface area (Å²) < 4.78 is 24.5. The zero-order chi connectivity index (χ0) is 23.9. The van der Waals surface area contributed by atoms with Gasteiger partial charge in [-0.1, -0.05) is 55.4 Å². The highest BCUT2D eigenvalue weighted by Crippen LogP contribution is 2.35. The molecule has 0 aromatic heterocycles. The van der Waals surface area contributed by atoms with E-state index < -0.39 is 31.3 Å². The van der Waals surface area contributed by atoms with E-state index in [1.165, 1.54) is 48.4 Å².